The number of para-hydroxylation sites is 1. The van der Waals surface area contributed by atoms with Gasteiger partial charge in [-0.25, -0.2) is 0 Å². The summed E-state index contributed by atoms with van der Waals surface area (Å²) in [4.78, 5) is 12.5. The number of aryl methyl sites for hydroxylation is 2. The number of nitrogens with one attached hydrogen (secondary N) is 1. The van der Waals surface area contributed by atoms with Gasteiger partial charge in [0.2, 0.25) is 5.91 Å². The van der Waals surface area contributed by atoms with Crippen LogP contribution in [-0.2, 0) is 18.3 Å². The summed E-state index contributed by atoms with van der Waals surface area (Å²) in [5.74, 6) is -0.103. The van der Waals surface area contributed by atoms with Crippen molar-refractivity contribution >= 4 is 34.8 Å². The van der Waals surface area contributed by atoms with E-state index in [0.29, 0.717) is 15.7 Å². The number of aromatic nitrogens is 2. The van der Waals surface area contributed by atoms with Gasteiger partial charge < -0.3 is 5.32 Å². The van der Waals surface area contributed by atoms with E-state index in [1.54, 1.807) is 16.8 Å². The second-order valence-corrected chi connectivity index (χ2v) is 6.65. The van der Waals surface area contributed by atoms with Gasteiger partial charge >= 0.3 is 0 Å². The topological polar surface area (TPSA) is 46.9 Å². The maximum Gasteiger partial charge on any atom is 0.228 e. The number of rotatable bonds is 4. The van der Waals surface area contributed by atoms with Crippen LogP contribution in [-0.4, -0.2) is 15.7 Å². The molecule has 0 spiro atoms. The Kier molecular flexibility index (Phi) is 5.11. The number of carbonyl (C=O) groups excluding carboxylic acids is 1. The van der Waals surface area contributed by atoms with Crippen LogP contribution in [0, 0.1) is 6.92 Å². The minimum atomic E-state index is -0.103. The van der Waals surface area contributed by atoms with Crippen molar-refractivity contribution in [3.63, 3.8) is 0 Å². The summed E-state index contributed by atoms with van der Waals surface area (Å²) in [6, 6.07) is 12.9. The molecule has 4 nitrogen and oxygen atoms in total. The fourth-order valence-corrected chi connectivity index (χ4v) is 3.23. The van der Waals surface area contributed by atoms with Gasteiger partial charge in [-0.05, 0) is 25.1 Å². The standard InChI is InChI=1S/C19H17Cl2N3O/c1-12-13(11-24(2)23-12)9-19(25)22-18-6-4-3-5-16(18)15-8-7-14(20)10-17(15)21/h3-8,10-11H,9H2,1-2H3,(H,22,25). The Bertz CT molecular complexity index is 934. The molecule has 0 aliphatic rings. The third kappa shape index (κ3) is 4.03. The van der Waals surface area contributed by atoms with Crippen molar-refractivity contribution < 1.29 is 4.79 Å². The van der Waals surface area contributed by atoms with Gasteiger partial charge in [-0.3, -0.25) is 9.48 Å². The first-order valence-corrected chi connectivity index (χ1v) is 8.53. The molecule has 6 heteroatoms. The fourth-order valence-electron chi connectivity index (χ4n) is 2.72. The van der Waals surface area contributed by atoms with E-state index in [1.165, 1.54) is 0 Å². The van der Waals surface area contributed by atoms with Crippen LogP contribution in [0.15, 0.2) is 48.7 Å². The first kappa shape index (κ1) is 17.5. The second kappa shape index (κ2) is 7.30. The van der Waals surface area contributed by atoms with Crippen LogP contribution in [0.3, 0.4) is 0 Å². The number of amides is 1. The first-order chi connectivity index (χ1) is 11.9. The summed E-state index contributed by atoms with van der Waals surface area (Å²) >= 11 is 12.3. The molecular formula is C19H17Cl2N3O. The smallest absolute Gasteiger partial charge is 0.228 e. The highest BCUT2D eigenvalue weighted by Gasteiger charge is 2.13. The van der Waals surface area contributed by atoms with E-state index in [4.69, 9.17) is 23.2 Å². The van der Waals surface area contributed by atoms with Crippen molar-refractivity contribution in [2.75, 3.05) is 5.32 Å². The number of halogens is 2. The molecule has 0 saturated heterocycles. The molecule has 128 valence electrons. The zero-order valence-corrected chi connectivity index (χ0v) is 15.4. The van der Waals surface area contributed by atoms with Crippen molar-refractivity contribution in [3.05, 3.63) is 70.0 Å². The molecule has 1 N–H and O–H groups in total. The van der Waals surface area contributed by atoms with Crippen molar-refractivity contribution in [1.82, 2.24) is 9.78 Å². The third-order valence-corrected chi connectivity index (χ3v) is 4.44. The SMILES string of the molecule is Cc1nn(C)cc1CC(=O)Nc1ccccc1-c1ccc(Cl)cc1Cl. The summed E-state index contributed by atoms with van der Waals surface area (Å²) in [5, 5.41) is 8.34. The molecule has 0 saturated carbocycles. The highest BCUT2D eigenvalue weighted by molar-refractivity contribution is 6.36. The molecular weight excluding hydrogens is 357 g/mol. The lowest BCUT2D eigenvalue weighted by atomic mass is 10.0. The predicted molar refractivity (Wildman–Crippen MR) is 102 cm³/mol. The quantitative estimate of drug-likeness (QED) is 0.707. The molecule has 2 aromatic carbocycles. The van der Waals surface area contributed by atoms with E-state index >= 15 is 0 Å². The van der Waals surface area contributed by atoms with Crippen molar-refractivity contribution in [2.45, 2.75) is 13.3 Å². The minimum absolute atomic E-state index is 0.103. The lowest BCUT2D eigenvalue weighted by molar-refractivity contribution is -0.115. The highest BCUT2D eigenvalue weighted by atomic mass is 35.5. The zero-order chi connectivity index (χ0) is 18.0. The number of carbonyl (C=O) groups is 1. The van der Waals surface area contributed by atoms with Gasteiger partial charge in [0.25, 0.3) is 0 Å². The van der Waals surface area contributed by atoms with Crippen LogP contribution in [0.4, 0.5) is 5.69 Å². The number of hydrogen-bond donors (Lipinski definition) is 1. The molecule has 0 aliphatic heterocycles. The molecule has 0 atom stereocenters. The Morgan fingerprint density at radius 2 is 1.92 bits per heavy atom. The molecule has 1 aromatic heterocycles. The van der Waals surface area contributed by atoms with E-state index in [0.717, 1.165) is 22.4 Å². The van der Waals surface area contributed by atoms with Crippen molar-refractivity contribution in [2.24, 2.45) is 7.05 Å². The Hall–Kier alpha value is -2.30. The summed E-state index contributed by atoms with van der Waals surface area (Å²) in [6.07, 6.45) is 2.12. The maximum atomic E-state index is 12.5. The van der Waals surface area contributed by atoms with Crippen LogP contribution < -0.4 is 5.32 Å². The predicted octanol–water partition coefficient (Wildman–Crippen LogP) is 4.88. The normalized spacial score (nSPS) is 10.7. The number of anilines is 1. The van der Waals surface area contributed by atoms with Gasteiger partial charge in [-0.2, -0.15) is 5.10 Å². The first-order valence-electron chi connectivity index (χ1n) is 7.77. The summed E-state index contributed by atoms with van der Waals surface area (Å²) < 4.78 is 1.71. The van der Waals surface area contributed by atoms with Crippen LogP contribution in [0.2, 0.25) is 10.0 Å². The Morgan fingerprint density at radius 3 is 2.60 bits per heavy atom. The molecule has 0 unspecified atom stereocenters. The van der Waals surface area contributed by atoms with Crippen LogP contribution in [0.5, 0.6) is 0 Å². The number of nitrogens with zero attached hydrogens (tertiary/aromatic N) is 2. The van der Waals surface area contributed by atoms with E-state index < -0.39 is 0 Å². The van der Waals surface area contributed by atoms with E-state index in [-0.39, 0.29) is 12.3 Å². The van der Waals surface area contributed by atoms with Gasteiger partial charge in [0.1, 0.15) is 0 Å². The molecule has 0 aliphatic carbocycles. The van der Waals surface area contributed by atoms with Crippen molar-refractivity contribution in [1.29, 1.82) is 0 Å². The summed E-state index contributed by atoms with van der Waals surface area (Å²) in [7, 11) is 1.84. The number of hydrogen-bond acceptors (Lipinski definition) is 2. The average Bonchev–Trinajstić information content (AvgIpc) is 2.86. The van der Waals surface area contributed by atoms with Crippen LogP contribution in [0.1, 0.15) is 11.3 Å². The zero-order valence-electron chi connectivity index (χ0n) is 13.9. The van der Waals surface area contributed by atoms with Gasteiger partial charge in [0.05, 0.1) is 12.1 Å². The fraction of sp³-hybridized carbons (Fsp3) is 0.158. The van der Waals surface area contributed by atoms with E-state index in [1.807, 2.05) is 50.5 Å². The molecule has 25 heavy (non-hydrogen) atoms. The van der Waals surface area contributed by atoms with E-state index in [9.17, 15) is 4.79 Å². The van der Waals surface area contributed by atoms with Gasteiger partial charge in [0.15, 0.2) is 0 Å². The summed E-state index contributed by atoms with van der Waals surface area (Å²) in [6.45, 7) is 1.89. The Morgan fingerprint density at radius 1 is 1.16 bits per heavy atom. The van der Waals surface area contributed by atoms with Gasteiger partial charge in [0, 0.05) is 45.7 Å². The van der Waals surface area contributed by atoms with Crippen LogP contribution >= 0.6 is 23.2 Å². The van der Waals surface area contributed by atoms with E-state index in [2.05, 4.69) is 10.4 Å². The highest BCUT2D eigenvalue weighted by Crippen LogP contribution is 2.34. The number of benzene rings is 2. The third-order valence-electron chi connectivity index (χ3n) is 3.89. The minimum Gasteiger partial charge on any atom is -0.325 e. The van der Waals surface area contributed by atoms with Gasteiger partial charge in [-0.1, -0.05) is 47.5 Å². The lowest BCUT2D eigenvalue weighted by Crippen LogP contribution is -2.15. The monoisotopic (exact) mass is 373 g/mol. The molecule has 0 fully saturated rings. The largest absolute Gasteiger partial charge is 0.325 e. The molecule has 0 bridgehead atoms. The second-order valence-electron chi connectivity index (χ2n) is 5.81. The molecule has 3 rings (SSSR count). The lowest BCUT2D eigenvalue weighted by Gasteiger charge is -2.12. The average molecular weight is 374 g/mol. The maximum absolute atomic E-state index is 12.5. The molecule has 1 amide bonds. The van der Waals surface area contributed by atoms with Gasteiger partial charge in [-0.15, -0.1) is 0 Å². The Balaban J connectivity index is 1.86. The molecule has 3 aromatic rings. The molecule has 0 radical (unpaired) electrons. The molecule has 1 heterocycles. The van der Waals surface area contributed by atoms with Crippen molar-refractivity contribution in [3.8, 4) is 11.1 Å². The summed E-state index contributed by atoms with van der Waals surface area (Å²) in [5.41, 5.74) is 4.13. The Labute approximate surface area is 156 Å². The van der Waals surface area contributed by atoms with Crippen LogP contribution in [0.25, 0.3) is 11.1 Å².